The molecule has 1 aromatic rings. The van der Waals surface area contributed by atoms with Crippen LogP contribution in [0.15, 0.2) is 29.2 Å². The second-order valence-electron chi connectivity index (χ2n) is 7.94. The number of hydrogen-bond donors (Lipinski definition) is 1. The number of sulfone groups is 1. The summed E-state index contributed by atoms with van der Waals surface area (Å²) in [6, 6.07) is 7.23. The molecule has 0 spiro atoms. The van der Waals surface area contributed by atoms with Crippen LogP contribution >= 0.6 is 0 Å². The van der Waals surface area contributed by atoms with Gasteiger partial charge in [-0.1, -0.05) is 19.1 Å². The van der Waals surface area contributed by atoms with Gasteiger partial charge in [0.05, 0.1) is 16.4 Å². The van der Waals surface area contributed by atoms with Gasteiger partial charge < -0.3 is 10.2 Å². The molecule has 9 heteroatoms. The summed E-state index contributed by atoms with van der Waals surface area (Å²) in [6.07, 6.45) is 3.21. The van der Waals surface area contributed by atoms with E-state index in [2.05, 4.69) is 17.1 Å². The SMILES string of the molecule is CCc1ccc(S(=O)(=O)N(CCCN2CCS(=O)(=O)CC2)C2CCNCC2)cc1. The topological polar surface area (TPSA) is 86.8 Å². The lowest BCUT2D eigenvalue weighted by Crippen LogP contribution is -2.47. The van der Waals surface area contributed by atoms with E-state index in [1.165, 1.54) is 0 Å². The normalized spacial score (nSPS) is 21.4. The molecule has 0 aromatic heterocycles. The minimum absolute atomic E-state index is 0.00818. The molecule has 0 aliphatic carbocycles. The first kappa shape index (κ1) is 22.7. The highest BCUT2D eigenvalue weighted by atomic mass is 32.2. The van der Waals surface area contributed by atoms with Gasteiger partial charge in [0, 0.05) is 25.7 Å². The zero-order valence-corrected chi connectivity index (χ0v) is 18.8. The molecule has 0 saturated carbocycles. The Bertz CT molecular complexity index is 849. The number of nitrogens with one attached hydrogen (secondary N) is 1. The number of piperidine rings is 1. The summed E-state index contributed by atoms with van der Waals surface area (Å²) >= 11 is 0. The van der Waals surface area contributed by atoms with E-state index in [4.69, 9.17) is 0 Å². The van der Waals surface area contributed by atoms with Crippen molar-refractivity contribution in [3.05, 3.63) is 29.8 Å². The Labute approximate surface area is 175 Å². The lowest BCUT2D eigenvalue weighted by Gasteiger charge is -2.34. The van der Waals surface area contributed by atoms with E-state index >= 15 is 0 Å². The van der Waals surface area contributed by atoms with Crippen LogP contribution in [0.3, 0.4) is 0 Å². The van der Waals surface area contributed by atoms with Gasteiger partial charge in [-0.25, -0.2) is 16.8 Å². The van der Waals surface area contributed by atoms with Crippen LogP contribution < -0.4 is 5.32 Å². The third-order valence-electron chi connectivity index (χ3n) is 5.94. The molecule has 0 atom stereocenters. The highest BCUT2D eigenvalue weighted by Gasteiger charge is 2.32. The zero-order valence-electron chi connectivity index (χ0n) is 17.2. The largest absolute Gasteiger partial charge is 0.317 e. The van der Waals surface area contributed by atoms with Crippen LogP contribution in [0.2, 0.25) is 0 Å². The molecule has 7 nitrogen and oxygen atoms in total. The predicted molar refractivity (Wildman–Crippen MR) is 115 cm³/mol. The van der Waals surface area contributed by atoms with Gasteiger partial charge in [-0.3, -0.25) is 0 Å². The predicted octanol–water partition coefficient (Wildman–Crippen LogP) is 1.11. The van der Waals surface area contributed by atoms with Gasteiger partial charge in [-0.05, 0) is 63.0 Å². The van der Waals surface area contributed by atoms with E-state index < -0.39 is 19.9 Å². The van der Waals surface area contributed by atoms with Crippen molar-refractivity contribution in [3.63, 3.8) is 0 Å². The Hall–Kier alpha value is -1.00. The standard InChI is InChI=1S/C20H33N3O4S2/c1-2-18-4-6-20(7-5-18)29(26,27)23(19-8-10-21-11-9-19)13-3-12-22-14-16-28(24,25)17-15-22/h4-7,19,21H,2-3,8-17H2,1H3. The molecule has 29 heavy (non-hydrogen) atoms. The maximum absolute atomic E-state index is 13.4. The quantitative estimate of drug-likeness (QED) is 0.648. The van der Waals surface area contributed by atoms with E-state index in [1.807, 2.05) is 12.1 Å². The lowest BCUT2D eigenvalue weighted by atomic mass is 10.1. The summed E-state index contributed by atoms with van der Waals surface area (Å²) in [7, 11) is -6.45. The average Bonchev–Trinajstić information content (AvgIpc) is 2.72. The Morgan fingerprint density at radius 2 is 1.72 bits per heavy atom. The number of hydrogen-bond acceptors (Lipinski definition) is 6. The van der Waals surface area contributed by atoms with Crippen LogP contribution in [0.5, 0.6) is 0 Å². The Morgan fingerprint density at radius 3 is 2.31 bits per heavy atom. The first-order chi connectivity index (χ1) is 13.8. The number of benzene rings is 1. The molecule has 0 amide bonds. The summed E-state index contributed by atoms with van der Waals surface area (Å²) in [6.45, 7) is 5.98. The number of rotatable bonds is 8. The molecule has 2 aliphatic rings. The molecule has 1 N–H and O–H groups in total. The van der Waals surface area contributed by atoms with Crippen molar-refractivity contribution in [3.8, 4) is 0 Å². The Balaban J connectivity index is 1.68. The van der Waals surface area contributed by atoms with Crippen molar-refractivity contribution in [2.45, 2.75) is 43.5 Å². The van der Waals surface area contributed by atoms with Crippen LogP contribution in [0.4, 0.5) is 0 Å². The second-order valence-corrected chi connectivity index (χ2v) is 12.1. The molecule has 0 bridgehead atoms. The summed E-state index contributed by atoms with van der Waals surface area (Å²) in [5.41, 5.74) is 1.12. The summed E-state index contributed by atoms with van der Waals surface area (Å²) < 4.78 is 51.7. The molecule has 2 saturated heterocycles. The van der Waals surface area contributed by atoms with Gasteiger partial charge in [-0.15, -0.1) is 0 Å². The third-order valence-corrected chi connectivity index (χ3v) is 9.52. The fourth-order valence-corrected chi connectivity index (χ4v) is 7.05. The fourth-order valence-electron chi connectivity index (χ4n) is 4.05. The fraction of sp³-hybridized carbons (Fsp3) is 0.700. The third kappa shape index (κ3) is 6.01. The maximum Gasteiger partial charge on any atom is 0.243 e. The molecule has 0 unspecified atom stereocenters. The minimum atomic E-state index is -3.56. The molecular formula is C20H33N3O4S2. The van der Waals surface area contributed by atoms with Crippen molar-refractivity contribution < 1.29 is 16.8 Å². The molecule has 0 radical (unpaired) electrons. The number of nitrogens with zero attached hydrogens (tertiary/aromatic N) is 2. The van der Waals surface area contributed by atoms with E-state index in [-0.39, 0.29) is 17.5 Å². The zero-order chi connectivity index (χ0) is 20.9. The van der Waals surface area contributed by atoms with Crippen LogP contribution in [0.1, 0.15) is 31.7 Å². The van der Waals surface area contributed by atoms with E-state index in [9.17, 15) is 16.8 Å². The van der Waals surface area contributed by atoms with Crippen LogP contribution in [-0.2, 0) is 26.3 Å². The van der Waals surface area contributed by atoms with Gasteiger partial charge in [-0.2, -0.15) is 4.31 Å². The Kier molecular flexibility index (Phi) is 7.72. The van der Waals surface area contributed by atoms with Crippen molar-refractivity contribution in [1.82, 2.24) is 14.5 Å². The van der Waals surface area contributed by atoms with Gasteiger partial charge in [0.15, 0.2) is 9.84 Å². The first-order valence-corrected chi connectivity index (χ1v) is 13.8. The summed E-state index contributed by atoms with van der Waals surface area (Å²) in [5, 5.41) is 3.30. The maximum atomic E-state index is 13.4. The van der Waals surface area contributed by atoms with Crippen molar-refractivity contribution in [1.29, 1.82) is 0 Å². The number of sulfonamides is 1. The van der Waals surface area contributed by atoms with Crippen molar-refractivity contribution in [2.75, 3.05) is 50.8 Å². The first-order valence-electron chi connectivity index (χ1n) is 10.6. The smallest absolute Gasteiger partial charge is 0.243 e. The van der Waals surface area contributed by atoms with Crippen LogP contribution in [0, 0.1) is 0 Å². The minimum Gasteiger partial charge on any atom is -0.317 e. The lowest BCUT2D eigenvalue weighted by molar-refractivity contribution is 0.235. The van der Waals surface area contributed by atoms with Gasteiger partial charge in [0.1, 0.15) is 0 Å². The molecule has 2 aliphatic heterocycles. The van der Waals surface area contributed by atoms with Crippen LogP contribution in [-0.4, -0.2) is 82.9 Å². The second kappa shape index (κ2) is 9.87. The molecule has 2 fully saturated rings. The van der Waals surface area contributed by atoms with E-state index in [0.29, 0.717) is 31.0 Å². The number of aryl methyl sites for hydroxylation is 1. The van der Waals surface area contributed by atoms with Crippen molar-refractivity contribution >= 4 is 19.9 Å². The van der Waals surface area contributed by atoms with Crippen LogP contribution in [0.25, 0.3) is 0 Å². The monoisotopic (exact) mass is 443 g/mol. The molecule has 164 valence electrons. The molecule has 2 heterocycles. The molecule has 3 rings (SSSR count). The van der Waals surface area contributed by atoms with Gasteiger partial charge in [0.2, 0.25) is 10.0 Å². The summed E-state index contributed by atoms with van der Waals surface area (Å²) in [4.78, 5) is 2.49. The highest BCUT2D eigenvalue weighted by molar-refractivity contribution is 7.91. The molecular weight excluding hydrogens is 410 g/mol. The van der Waals surface area contributed by atoms with E-state index in [0.717, 1.165) is 44.5 Å². The Morgan fingerprint density at radius 1 is 1.10 bits per heavy atom. The van der Waals surface area contributed by atoms with Gasteiger partial charge >= 0.3 is 0 Å². The van der Waals surface area contributed by atoms with Crippen molar-refractivity contribution in [2.24, 2.45) is 0 Å². The summed E-state index contributed by atoms with van der Waals surface area (Å²) in [5.74, 6) is 0.403. The van der Waals surface area contributed by atoms with E-state index in [1.54, 1.807) is 16.4 Å². The van der Waals surface area contributed by atoms with Gasteiger partial charge in [0.25, 0.3) is 0 Å². The highest BCUT2D eigenvalue weighted by Crippen LogP contribution is 2.23. The molecule has 1 aromatic carbocycles. The average molecular weight is 444 g/mol.